The van der Waals surface area contributed by atoms with Crippen molar-refractivity contribution in [2.45, 2.75) is 25.4 Å². The van der Waals surface area contributed by atoms with Gasteiger partial charge in [0.05, 0.1) is 26.5 Å². The van der Waals surface area contributed by atoms with Gasteiger partial charge in [-0.25, -0.2) is 0 Å². The number of hydrogen-bond donors (Lipinski definition) is 0. The van der Waals surface area contributed by atoms with E-state index in [4.69, 9.17) is 4.74 Å². The fourth-order valence-electron chi connectivity index (χ4n) is 5.26. The first-order valence-electron chi connectivity index (χ1n) is 12.6. The van der Waals surface area contributed by atoms with Gasteiger partial charge in [0.15, 0.2) is 0 Å². The first-order valence-corrected chi connectivity index (χ1v) is 12.6. The number of anilines is 2. The number of benzene rings is 4. The number of ether oxygens (including phenoxy) is 1. The van der Waals surface area contributed by atoms with Crippen LogP contribution in [-0.2, 0) is 32.8 Å². The summed E-state index contributed by atoms with van der Waals surface area (Å²) in [7, 11) is 1.57. The predicted molar refractivity (Wildman–Crippen MR) is 151 cm³/mol. The van der Waals surface area contributed by atoms with E-state index in [1.165, 1.54) is 0 Å². The molecule has 0 radical (unpaired) electrons. The van der Waals surface area contributed by atoms with Crippen molar-refractivity contribution in [2.24, 2.45) is 0 Å². The predicted octanol–water partition coefficient (Wildman–Crippen LogP) is 6.23. The summed E-state index contributed by atoms with van der Waals surface area (Å²) in [6.45, 7) is 2.38. The highest BCUT2D eigenvalue weighted by Crippen LogP contribution is 2.50. The molecule has 5 rings (SSSR count). The molecule has 0 fully saturated rings. The van der Waals surface area contributed by atoms with Crippen LogP contribution in [0.3, 0.4) is 0 Å². The van der Waals surface area contributed by atoms with Crippen LogP contribution in [0.15, 0.2) is 122 Å². The Bertz CT molecular complexity index is 1470. The molecule has 4 aromatic rings. The summed E-state index contributed by atoms with van der Waals surface area (Å²) in [5.41, 5.74) is 3.97. The van der Waals surface area contributed by atoms with E-state index in [0.29, 0.717) is 18.8 Å². The van der Waals surface area contributed by atoms with Gasteiger partial charge in [-0.1, -0.05) is 97.1 Å². The summed E-state index contributed by atoms with van der Waals surface area (Å²) >= 11 is 0. The number of amides is 2. The summed E-state index contributed by atoms with van der Waals surface area (Å²) in [5.74, 6) is -0.196. The Labute approximate surface area is 223 Å². The molecular formula is C33H30N2O3. The third-order valence-electron chi connectivity index (χ3n) is 7.02. The standard InChI is InChI=1S/C33H30N2O3/c1-25(36)34(23-26-13-5-3-6-14-26)30-19-11-9-17-28(30)33(21-22-38-2)29-18-10-12-20-31(29)35(32(33)37)24-27-15-7-4-8-16-27/h3-22H,23-24H2,1-2H3. The summed E-state index contributed by atoms with van der Waals surface area (Å²) < 4.78 is 5.38. The molecule has 0 spiro atoms. The van der Waals surface area contributed by atoms with E-state index in [1.54, 1.807) is 25.2 Å². The highest BCUT2D eigenvalue weighted by atomic mass is 16.5. The van der Waals surface area contributed by atoms with Crippen LogP contribution in [0.1, 0.15) is 29.2 Å². The first-order chi connectivity index (χ1) is 18.6. The molecular weight excluding hydrogens is 472 g/mol. The lowest BCUT2D eigenvalue weighted by Gasteiger charge is -2.32. The van der Waals surface area contributed by atoms with E-state index in [0.717, 1.165) is 27.9 Å². The number of carbonyl (C=O) groups is 2. The number of nitrogens with zero attached hydrogens (tertiary/aromatic N) is 2. The summed E-state index contributed by atoms with van der Waals surface area (Å²) in [6, 6.07) is 35.4. The monoisotopic (exact) mass is 502 g/mol. The van der Waals surface area contributed by atoms with Gasteiger partial charge < -0.3 is 14.5 Å². The number of methoxy groups -OCH3 is 1. The molecule has 0 saturated heterocycles. The summed E-state index contributed by atoms with van der Waals surface area (Å²) in [4.78, 5) is 31.2. The molecule has 2 amide bonds. The average molecular weight is 503 g/mol. The van der Waals surface area contributed by atoms with E-state index in [1.807, 2.05) is 120 Å². The molecule has 0 bridgehead atoms. The molecule has 1 aliphatic heterocycles. The fourth-order valence-corrected chi connectivity index (χ4v) is 5.26. The molecule has 5 nitrogen and oxygen atoms in total. The second-order valence-electron chi connectivity index (χ2n) is 9.35. The normalized spacial score (nSPS) is 16.5. The molecule has 4 aromatic carbocycles. The van der Waals surface area contributed by atoms with Crippen molar-refractivity contribution in [3.63, 3.8) is 0 Å². The minimum absolute atomic E-state index is 0.0912. The van der Waals surface area contributed by atoms with Crippen molar-refractivity contribution in [1.82, 2.24) is 0 Å². The second kappa shape index (κ2) is 10.8. The quantitative estimate of drug-likeness (QED) is 0.268. The third kappa shape index (κ3) is 4.48. The Kier molecular flexibility index (Phi) is 7.09. The van der Waals surface area contributed by atoms with Crippen molar-refractivity contribution < 1.29 is 14.3 Å². The van der Waals surface area contributed by atoms with Crippen LogP contribution in [-0.4, -0.2) is 18.9 Å². The lowest BCUT2D eigenvalue weighted by molar-refractivity contribution is -0.121. The van der Waals surface area contributed by atoms with E-state index < -0.39 is 5.41 Å². The number of carbonyl (C=O) groups excluding carboxylic acids is 2. The van der Waals surface area contributed by atoms with Crippen molar-refractivity contribution in [3.05, 3.63) is 144 Å². The van der Waals surface area contributed by atoms with Crippen LogP contribution in [0.4, 0.5) is 11.4 Å². The maximum absolute atomic E-state index is 14.6. The van der Waals surface area contributed by atoms with Crippen LogP contribution in [0, 0.1) is 0 Å². The lowest BCUT2D eigenvalue weighted by Crippen LogP contribution is -2.41. The van der Waals surface area contributed by atoms with Gasteiger partial charge in [0.1, 0.15) is 5.41 Å². The molecule has 190 valence electrons. The van der Waals surface area contributed by atoms with E-state index in [9.17, 15) is 9.59 Å². The Morgan fingerprint density at radius 2 is 1.39 bits per heavy atom. The Morgan fingerprint density at radius 3 is 2.05 bits per heavy atom. The zero-order valence-corrected chi connectivity index (χ0v) is 21.6. The minimum atomic E-state index is -1.18. The molecule has 0 saturated carbocycles. The van der Waals surface area contributed by atoms with Gasteiger partial charge in [0.25, 0.3) is 0 Å². The van der Waals surface area contributed by atoms with Gasteiger partial charge in [-0.15, -0.1) is 0 Å². The lowest BCUT2D eigenvalue weighted by atomic mass is 9.74. The third-order valence-corrected chi connectivity index (χ3v) is 7.02. The molecule has 1 atom stereocenters. The molecule has 5 heteroatoms. The van der Waals surface area contributed by atoms with Crippen LogP contribution in [0.2, 0.25) is 0 Å². The maximum atomic E-state index is 14.6. The van der Waals surface area contributed by atoms with E-state index >= 15 is 0 Å². The van der Waals surface area contributed by atoms with Crippen molar-refractivity contribution >= 4 is 23.2 Å². The number of hydrogen-bond acceptors (Lipinski definition) is 3. The zero-order chi connectivity index (χ0) is 26.5. The molecule has 1 unspecified atom stereocenters. The number of para-hydroxylation sites is 2. The van der Waals surface area contributed by atoms with Gasteiger partial charge in [-0.2, -0.15) is 0 Å². The van der Waals surface area contributed by atoms with Crippen LogP contribution in [0.25, 0.3) is 0 Å². The molecule has 0 aliphatic carbocycles. The van der Waals surface area contributed by atoms with E-state index in [-0.39, 0.29) is 11.8 Å². The molecule has 1 aliphatic rings. The second-order valence-corrected chi connectivity index (χ2v) is 9.35. The zero-order valence-electron chi connectivity index (χ0n) is 21.6. The smallest absolute Gasteiger partial charge is 0.246 e. The van der Waals surface area contributed by atoms with Gasteiger partial charge in [0, 0.05) is 18.3 Å². The summed E-state index contributed by atoms with van der Waals surface area (Å²) in [5, 5.41) is 0. The average Bonchev–Trinajstić information content (AvgIpc) is 3.19. The Balaban J connectivity index is 1.70. The summed E-state index contributed by atoms with van der Waals surface area (Å²) in [6.07, 6.45) is 3.38. The first kappa shape index (κ1) is 25.0. The van der Waals surface area contributed by atoms with Gasteiger partial charge >= 0.3 is 0 Å². The van der Waals surface area contributed by atoms with Gasteiger partial charge in [0.2, 0.25) is 11.8 Å². The van der Waals surface area contributed by atoms with Crippen molar-refractivity contribution in [2.75, 3.05) is 16.9 Å². The fraction of sp³-hybridized carbons (Fsp3) is 0.152. The van der Waals surface area contributed by atoms with Gasteiger partial charge in [-0.3, -0.25) is 9.59 Å². The van der Waals surface area contributed by atoms with Crippen molar-refractivity contribution in [1.29, 1.82) is 0 Å². The number of fused-ring (bicyclic) bond motifs is 1. The minimum Gasteiger partial charge on any atom is -0.505 e. The molecule has 38 heavy (non-hydrogen) atoms. The van der Waals surface area contributed by atoms with Crippen LogP contribution < -0.4 is 9.80 Å². The largest absolute Gasteiger partial charge is 0.505 e. The van der Waals surface area contributed by atoms with Gasteiger partial charge in [-0.05, 0) is 40.5 Å². The van der Waals surface area contributed by atoms with Crippen LogP contribution in [0.5, 0.6) is 0 Å². The topological polar surface area (TPSA) is 49.9 Å². The maximum Gasteiger partial charge on any atom is 0.246 e. The van der Waals surface area contributed by atoms with E-state index in [2.05, 4.69) is 0 Å². The van der Waals surface area contributed by atoms with Crippen molar-refractivity contribution in [3.8, 4) is 0 Å². The highest BCUT2D eigenvalue weighted by molar-refractivity contribution is 6.13. The van der Waals surface area contributed by atoms with Crippen LogP contribution >= 0.6 is 0 Å². The SMILES string of the molecule is COC=CC1(c2ccccc2N(Cc2ccccc2)C(C)=O)C(=O)N(Cc2ccccc2)c2ccccc21. The number of rotatable bonds is 8. The Hall–Kier alpha value is -4.64. The molecule has 1 heterocycles. The molecule has 0 N–H and O–H groups in total. The molecule has 0 aromatic heterocycles. The highest BCUT2D eigenvalue weighted by Gasteiger charge is 2.52. The Morgan fingerprint density at radius 1 is 0.816 bits per heavy atom.